The molecule has 1 heterocycles. The van der Waals surface area contributed by atoms with Crippen molar-refractivity contribution in [3.8, 4) is 0 Å². The van der Waals surface area contributed by atoms with Gasteiger partial charge >= 0.3 is 12.1 Å². The molecule has 1 aliphatic heterocycles. The Balaban J connectivity index is 2.45. The second-order valence-corrected chi connectivity index (χ2v) is 4.51. The fraction of sp³-hybridized carbons (Fsp3) is 0.300. The molecule has 2 rings (SSSR count). The number of halogens is 3. The number of fused-ring (bicyclic) bond motifs is 1. The average Bonchev–Trinajstić information content (AvgIpc) is 2.58. The highest BCUT2D eigenvalue weighted by Gasteiger charge is 2.35. The Labute approximate surface area is 93.5 Å². The Morgan fingerprint density at radius 3 is 2.69 bits per heavy atom. The molecule has 1 aromatic carbocycles. The van der Waals surface area contributed by atoms with Gasteiger partial charge in [0.05, 0.1) is 11.5 Å². The molecule has 0 fully saturated rings. The van der Waals surface area contributed by atoms with Crippen LogP contribution >= 0.6 is 11.8 Å². The fourth-order valence-electron chi connectivity index (χ4n) is 1.60. The maximum atomic E-state index is 12.4. The van der Waals surface area contributed by atoms with Crippen LogP contribution in [-0.4, -0.2) is 16.8 Å². The minimum atomic E-state index is -4.43. The summed E-state index contributed by atoms with van der Waals surface area (Å²) >= 11 is 1.28. The van der Waals surface area contributed by atoms with Crippen LogP contribution in [0.15, 0.2) is 23.1 Å². The van der Waals surface area contributed by atoms with E-state index in [1.165, 1.54) is 17.8 Å². The van der Waals surface area contributed by atoms with Gasteiger partial charge in [0, 0.05) is 10.6 Å². The van der Waals surface area contributed by atoms with Crippen LogP contribution in [0.4, 0.5) is 13.2 Å². The number of benzene rings is 1. The largest absolute Gasteiger partial charge is 0.481 e. The highest BCUT2D eigenvalue weighted by atomic mass is 32.2. The zero-order valence-corrected chi connectivity index (χ0v) is 8.73. The topological polar surface area (TPSA) is 37.3 Å². The molecule has 6 heteroatoms. The molecular formula is C10H7F3O2S. The van der Waals surface area contributed by atoms with Crippen LogP contribution in [0.1, 0.15) is 17.0 Å². The van der Waals surface area contributed by atoms with Crippen LogP contribution in [-0.2, 0) is 11.0 Å². The number of rotatable bonds is 1. The van der Waals surface area contributed by atoms with Gasteiger partial charge in [-0.15, -0.1) is 11.8 Å². The van der Waals surface area contributed by atoms with E-state index < -0.39 is 23.6 Å². The number of alkyl halides is 3. The molecule has 0 aromatic heterocycles. The smallest absolute Gasteiger partial charge is 0.416 e. The standard InChI is InChI=1S/C10H7F3O2S/c11-10(12,13)5-1-2-8-6(3-5)7(4-16-8)9(14)15/h1-3,7H,4H2,(H,14,15). The molecule has 0 aliphatic carbocycles. The second-order valence-electron chi connectivity index (χ2n) is 3.45. The van der Waals surface area contributed by atoms with Crippen molar-refractivity contribution in [2.24, 2.45) is 0 Å². The van der Waals surface area contributed by atoms with Gasteiger partial charge in [-0.3, -0.25) is 4.79 Å². The predicted octanol–water partition coefficient (Wildman–Crippen LogP) is 2.98. The summed E-state index contributed by atoms with van der Waals surface area (Å²) in [5.41, 5.74) is -0.521. The van der Waals surface area contributed by atoms with Crippen LogP contribution in [0.25, 0.3) is 0 Å². The van der Waals surface area contributed by atoms with Crippen molar-refractivity contribution in [1.82, 2.24) is 0 Å². The van der Waals surface area contributed by atoms with Gasteiger partial charge in [0.15, 0.2) is 0 Å². The van der Waals surface area contributed by atoms with Crippen LogP contribution in [0.5, 0.6) is 0 Å². The molecule has 1 aromatic rings. The summed E-state index contributed by atoms with van der Waals surface area (Å²) in [7, 11) is 0. The van der Waals surface area contributed by atoms with E-state index in [-0.39, 0.29) is 5.56 Å². The number of carbonyl (C=O) groups is 1. The van der Waals surface area contributed by atoms with Gasteiger partial charge in [0.1, 0.15) is 0 Å². The average molecular weight is 248 g/mol. The number of aliphatic carboxylic acids is 1. The lowest BCUT2D eigenvalue weighted by molar-refractivity contribution is -0.139. The fourth-order valence-corrected chi connectivity index (χ4v) is 2.80. The quantitative estimate of drug-likeness (QED) is 0.830. The normalized spacial score (nSPS) is 19.6. The highest BCUT2D eigenvalue weighted by molar-refractivity contribution is 7.99. The van der Waals surface area contributed by atoms with Crippen molar-refractivity contribution in [3.05, 3.63) is 29.3 Å². The molecule has 86 valence electrons. The number of carboxylic acids is 1. The summed E-state index contributed by atoms with van der Waals surface area (Å²) in [6.07, 6.45) is -4.43. The third kappa shape index (κ3) is 1.89. The summed E-state index contributed by atoms with van der Waals surface area (Å²) in [6.45, 7) is 0. The number of hydrogen-bond acceptors (Lipinski definition) is 2. The van der Waals surface area contributed by atoms with Crippen LogP contribution in [0.3, 0.4) is 0 Å². The molecule has 0 bridgehead atoms. The molecule has 16 heavy (non-hydrogen) atoms. The lowest BCUT2D eigenvalue weighted by Crippen LogP contribution is -2.12. The highest BCUT2D eigenvalue weighted by Crippen LogP contribution is 2.42. The van der Waals surface area contributed by atoms with Crippen LogP contribution in [0.2, 0.25) is 0 Å². The lowest BCUT2D eigenvalue weighted by atomic mass is 9.99. The molecular weight excluding hydrogens is 241 g/mol. The molecule has 0 saturated heterocycles. The first kappa shape index (κ1) is 11.3. The maximum Gasteiger partial charge on any atom is 0.416 e. The zero-order chi connectivity index (χ0) is 11.9. The van der Waals surface area contributed by atoms with Gasteiger partial charge in [-0.2, -0.15) is 13.2 Å². The number of hydrogen-bond donors (Lipinski definition) is 1. The van der Waals surface area contributed by atoms with Gasteiger partial charge in [-0.05, 0) is 23.8 Å². The minimum Gasteiger partial charge on any atom is -0.481 e. The van der Waals surface area contributed by atoms with Gasteiger partial charge in [0.2, 0.25) is 0 Å². The monoisotopic (exact) mass is 248 g/mol. The molecule has 2 nitrogen and oxygen atoms in total. The second kappa shape index (κ2) is 3.69. The lowest BCUT2D eigenvalue weighted by Gasteiger charge is -2.10. The first-order valence-electron chi connectivity index (χ1n) is 4.46. The number of carboxylic acid groups (broad SMARTS) is 1. The Hall–Kier alpha value is -1.17. The van der Waals surface area contributed by atoms with E-state index in [1.54, 1.807) is 0 Å². The van der Waals surface area contributed by atoms with Crippen molar-refractivity contribution in [3.63, 3.8) is 0 Å². The van der Waals surface area contributed by atoms with E-state index in [0.29, 0.717) is 10.6 Å². The third-order valence-electron chi connectivity index (χ3n) is 2.42. The Bertz CT molecular complexity index is 442. The van der Waals surface area contributed by atoms with Gasteiger partial charge in [-0.1, -0.05) is 0 Å². The van der Waals surface area contributed by atoms with Crippen molar-refractivity contribution in [2.75, 3.05) is 5.75 Å². The Morgan fingerprint density at radius 1 is 1.44 bits per heavy atom. The predicted molar refractivity (Wildman–Crippen MR) is 52.5 cm³/mol. The summed E-state index contributed by atoms with van der Waals surface area (Å²) in [5, 5.41) is 8.86. The van der Waals surface area contributed by atoms with E-state index in [1.807, 2.05) is 0 Å². The minimum absolute atomic E-state index is 0.271. The molecule has 0 radical (unpaired) electrons. The summed E-state index contributed by atoms with van der Waals surface area (Å²) in [5.74, 6) is -1.61. The SMILES string of the molecule is O=C(O)C1CSc2ccc(C(F)(F)F)cc21. The van der Waals surface area contributed by atoms with E-state index in [0.717, 1.165) is 12.1 Å². The molecule has 0 amide bonds. The summed E-state index contributed by atoms with van der Waals surface area (Å²) < 4.78 is 37.3. The summed E-state index contributed by atoms with van der Waals surface area (Å²) in [6, 6.07) is 3.26. The summed E-state index contributed by atoms with van der Waals surface area (Å²) in [4.78, 5) is 11.5. The Morgan fingerprint density at radius 2 is 2.12 bits per heavy atom. The van der Waals surface area contributed by atoms with Crippen molar-refractivity contribution in [2.45, 2.75) is 17.0 Å². The number of thioether (sulfide) groups is 1. The molecule has 1 aliphatic rings. The van der Waals surface area contributed by atoms with E-state index in [2.05, 4.69) is 0 Å². The maximum absolute atomic E-state index is 12.4. The van der Waals surface area contributed by atoms with Crippen LogP contribution < -0.4 is 0 Å². The molecule has 1 N–H and O–H groups in total. The van der Waals surface area contributed by atoms with Crippen molar-refractivity contribution < 1.29 is 23.1 Å². The molecule has 1 unspecified atom stereocenters. The van der Waals surface area contributed by atoms with E-state index >= 15 is 0 Å². The molecule has 0 spiro atoms. The molecule has 1 atom stereocenters. The first-order valence-corrected chi connectivity index (χ1v) is 5.45. The van der Waals surface area contributed by atoms with E-state index in [4.69, 9.17) is 5.11 Å². The molecule has 0 saturated carbocycles. The van der Waals surface area contributed by atoms with Crippen LogP contribution in [0, 0.1) is 0 Å². The van der Waals surface area contributed by atoms with Crippen molar-refractivity contribution in [1.29, 1.82) is 0 Å². The zero-order valence-electron chi connectivity index (χ0n) is 7.91. The van der Waals surface area contributed by atoms with Gasteiger partial charge in [0.25, 0.3) is 0 Å². The Kier molecular flexibility index (Phi) is 2.61. The first-order chi connectivity index (χ1) is 7.39. The van der Waals surface area contributed by atoms with E-state index in [9.17, 15) is 18.0 Å². The van der Waals surface area contributed by atoms with Gasteiger partial charge in [-0.25, -0.2) is 0 Å². The third-order valence-corrected chi connectivity index (χ3v) is 3.60. The van der Waals surface area contributed by atoms with Gasteiger partial charge < -0.3 is 5.11 Å². The van der Waals surface area contributed by atoms with Crippen molar-refractivity contribution >= 4 is 17.7 Å².